The molecule has 112 valence electrons. The number of amides is 1. The van der Waals surface area contributed by atoms with Gasteiger partial charge in [0.05, 0.1) is 23.3 Å². The number of carbonyl (C=O) groups is 1. The number of aryl methyl sites for hydroxylation is 2. The van der Waals surface area contributed by atoms with Crippen molar-refractivity contribution in [3.8, 4) is 0 Å². The van der Waals surface area contributed by atoms with Gasteiger partial charge in [0.1, 0.15) is 5.82 Å². The summed E-state index contributed by atoms with van der Waals surface area (Å²) in [6, 6.07) is 0. The van der Waals surface area contributed by atoms with E-state index in [0.717, 1.165) is 5.69 Å². The molecule has 2 aromatic rings. The predicted molar refractivity (Wildman–Crippen MR) is 79.8 cm³/mol. The van der Waals surface area contributed by atoms with Crippen molar-refractivity contribution in [2.45, 2.75) is 26.7 Å². The first-order chi connectivity index (χ1) is 9.92. The molecule has 2 aromatic heterocycles. The molecular weight excluding hydrogens is 270 g/mol. The summed E-state index contributed by atoms with van der Waals surface area (Å²) < 4.78 is 1.63. The molecule has 0 spiro atoms. The van der Waals surface area contributed by atoms with Crippen molar-refractivity contribution >= 4 is 17.3 Å². The Morgan fingerprint density at radius 1 is 1.38 bits per heavy atom. The minimum absolute atomic E-state index is 0.114. The number of aromatic nitrogens is 4. The average Bonchev–Trinajstić information content (AvgIpc) is 2.75. The Kier molecular flexibility index (Phi) is 4.18. The van der Waals surface area contributed by atoms with E-state index in [1.807, 2.05) is 20.8 Å². The summed E-state index contributed by atoms with van der Waals surface area (Å²) in [4.78, 5) is 20.8. The monoisotopic (exact) mass is 289 g/mol. The Labute approximate surface area is 122 Å². The van der Waals surface area contributed by atoms with Gasteiger partial charge in [0.15, 0.2) is 5.69 Å². The van der Waals surface area contributed by atoms with Crippen molar-refractivity contribution < 1.29 is 4.79 Å². The number of hydrogen-bond donors (Lipinski definition) is 3. The highest BCUT2D eigenvalue weighted by atomic mass is 16.1. The van der Waals surface area contributed by atoms with Crippen molar-refractivity contribution in [1.82, 2.24) is 19.7 Å². The molecule has 0 saturated carbocycles. The van der Waals surface area contributed by atoms with Gasteiger partial charge in [0.25, 0.3) is 5.91 Å². The molecule has 0 aliphatic rings. The fraction of sp³-hybridized carbons (Fsp3) is 0.385. The summed E-state index contributed by atoms with van der Waals surface area (Å²) in [6.45, 7) is 5.73. The van der Waals surface area contributed by atoms with Gasteiger partial charge in [-0.2, -0.15) is 5.10 Å². The molecule has 0 fully saturated rings. The first-order valence-electron chi connectivity index (χ1n) is 6.57. The van der Waals surface area contributed by atoms with Gasteiger partial charge in [-0.15, -0.1) is 0 Å². The maximum atomic E-state index is 12.4. The zero-order valence-corrected chi connectivity index (χ0v) is 12.5. The van der Waals surface area contributed by atoms with Crippen molar-refractivity contribution in [3.63, 3.8) is 0 Å². The largest absolute Gasteiger partial charge is 0.321 e. The SMILES string of the molecule is Cc1nn(C)cc1NC(=O)c1nc(C(C)C)ncc1NN. The molecule has 2 rings (SSSR count). The number of nitrogens with zero attached hydrogens (tertiary/aromatic N) is 4. The molecule has 0 bridgehead atoms. The molecule has 0 aliphatic heterocycles. The van der Waals surface area contributed by atoms with Crippen molar-refractivity contribution in [2.24, 2.45) is 12.9 Å². The van der Waals surface area contributed by atoms with E-state index in [-0.39, 0.29) is 17.5 Å². The van der Waals surface area contributed by atoms with Crippen LogP contribution in [0.5, 0.6) is 0 Å². The van der Waals surface area contributed by atoms with E-state index < -0.39 is 0 Å². The van der Waals surface area contributed by atoms with Crippen molar-refractivity contribution in [2.75, 3.05) is 10.7 Å². The number of nitrogens with one attached hydrogen (secondary N) is 2. The van der Waals surface area contributed by atoms with Crippen LogP contribution >= 0.6 is 0 Å². The molecule has 8 heteroatoms. The van der Waals surface area contributed by atoms with Gasteiger partial charge < -0.3 is 10.7 Å². The van der Waals surface area contributed by atoms with E-state index in [0.29, 0.717) is 17.2 Å². The number of hydrazine groups is 1. The normalized spacial score (nSPS) is 10.8. The van der Waals surface area contributed by atoms with Crippen LogP contribution < -0.4 is 16.6 Å². The van der Waals surface area contributed by atoms with E-state index >= 15 is 0 Å². The average molecular weight is 289 g/mol. The molecule has 0 unspecified atom stereocenters. The highest BCUT2D eigenvalue weighted by Gasteiger charge is 2.17. The van der Waals surface area contributed by atoms with Gasteiger partial charge >= 0.3 is 0 Å². The number of carbonyl (C=O) groups excluding carboxylic acids is 1. The van der Waals surface area contributed by atoms with Crippen molar-refractivity contribution in [3.05, 3.63) is 29.6 Å². The quantitative estimate of drug-likeness (QED) is 0.575. The lowest BCUT2D eigenvalue weighted by Crippen LogP contribution is -2.20. The summed E-state index contributed by atoms with van der Waals surface area (Å²) in [5.74, 6) is 5.76. The first-order valence-corrected chi connectivity index (χ1v) is 6.57. The molecule has 1 amide bonds. The fourth-order valence-electron chi connectivity index (χ4n) is 1.86. The van der Waals surface area contributed by atoms with Crippen LogP contribution in [0.4, 0.5) is 11.4 Å². The van der Waals surface area contributed by atoms with Crippen LogP contribution in [0, 0.1) is 6.92 Å². The maximum absolute atomic E-state index is 12.4. The number of nitrogens with two attached hydrogens (primary N) is 1. The van der Waals surface area contributed by atoms with Crippen LogP contribution in [0.2, 0.25) is 0 Å². The lowest BCUT2D eigenvalue weighted by atomic mass is 10.2. The Hall–Kier alpha value is -2.48. The van der Waals surface area contributed by atoms with Crippen LogP contribution in [-0.2, 0) is 7.05 Å². The van der Waals surface area contributed by atoms with Gasteiger partial charge in [0.2, 0.25) is 0 Å². The minimum Gasteiger partial charge on any atom is -0.321 e. The molecule has 0 aromatic carbocycles. The van der Waals surface area contributed by atoms with Gasteiger partial charge in [-0.25, -0.2) is 9.97 Å². The van der Waals surface area contributed by atoms with Crippen LogP contribution in [0.3, 0.4) is 0 Å². The summed E-state index contributed by atoms with van der Waals surface area (Å²) in [5.41, 5.74) is 4.39. The van der Waals surface area contributed by atoms with Gasteiger partial charge in [0, 0.05) is 19.2 Å². The fourth-order valence-corrected chi connectivity index (χ4v) is 1.86. The third-order valence-corrected chi connectivity index (χ3v) is 2.96. The molecule has 0 aliphatic carbocycles. The Morgan fingerprint density at radius 3 is 2.62 bits per heavy atom. The molecule has 21 heavy (non-hydrogen) atoms. The van der Waals surface area contributed by atoms with Crippen LogP contribution in [0.15, 0.2) is 12.4 Å². The standard InChI is InChI=1S/C13H19N7O/c1-7(2)12-15-5-9(18-14)11(17-12)13(21)16-10-6-20(4)19-8(10)3/h5-7,18H,14H2,1-4H3,(H,16,21). The number of anilines is 2. The Bertz CT molecular complexity index is 663. The first kappa shape index (κ1) is 14.9. The Balaban J connectivity index is 2.33. The molecule has 8 nitrogen and oxygen atoms in total. The number of nitrogen functional groups attached to an aromatic ring is 1. The van der Waals surface area contributed by atoms with Gasteiger partial charge in [-0.3, -0.25) is 15.3 Å². The zero-order chi connectivity index (χ0) is 15.6. The minimum atomic E-state index is -0.358. The van der Waals surface area contributed by atoms with E-state index in [4.69, 9.17) is 5.84 Å². The molecule has 0 saturated heterocycles. The lowest BCUT2D eigenvalue weighted by molar-refractivity contribution is 0.102. The zero-order valence-electron chi connectivity index (χ0n) is 12.5. The Morgan fingerprint density at radius 2 is 2.10 bits per heavy atom. The highest BCUT2D eigenvalue weighted by Crippen LogP contribution is 2.18. The van der Waals surface area contributed by atoms with Crippen LogP contribution in [-0.4, -0.2) is 25.7 Å². The summed E-state index contributed by atoms with van der Waals surface area (Å²) in [7, 11) is 1.79. The number of rotatable bonds is 4. The second-order valence-corrected chi connectivity index (χ2v) is 5.05. The molecular formula is C13H19N7O. The van der Waals surface area contributed by atoms with E-state index in [9.17, 15) is 4.79 Å². The van der Waals surface area contributed by atoms with E-state index in [2.05, 4.69) is 25.8 Å². The smallest absolute Gasteiger partial charge is 0.276 e. The van der Waals surface area contributed by atoms with Gasteiger partial charge in [-0.1, -0.05) is 13.8 Å². The molecule has 0 atom stereocenters. The summed E-state index contributed by atoms with van der Waals surface area (Å²) in [5, 5.41) is 6.96. The van der Waals surface area contributed by atoms with Crippen LogP contribution in [0.25, 0.3) is 0 Å². The third-order valence-electron chi connectivity index (χ3n) is 2.96. The molecule has 2 heterocycles. The van der Waals surface area contributed by atoms with Crippen LogP contribution in [0.1, 0.15) is 41.8 Å². The van der Waals surface area contributed by atoms with Gasteiger partial charge in [-0.05, 0) is 6.92 Å². The molecule has 0 radical (unpaired) electrons. The third kappa shape index (κ3) is 3.16. The van der Waals surface area contributed by atoms with E-state index in [1.54, 1.807) is 17.9 Å². The van der Waals surface area contributed by atoms with Crippen molar-refractivity contribution in [1.29, 1.82) is 0 Å². The van der Waals surface area contributed by atoms with E-state index in [1.165, 1.54) is 6.20 Å². The lowest BCUT2D eigenvalue weighted by Gasteiger charge is -2.11. The maximum Gasteiger partial charge on any atom is 0.276 e. The topological polar surface area (TPSA) is 111 Å². The predicted octanol–water partition coefficient (Wildman–Crippen LogP) is 1.18. The second-order valence-electron chi connectivity index (χ2n) is 5.05. The summed E-state index contributed by atoms with van der Waals surface area (Å²) in [6.07, 6.45) is 3.24. The molecule has 4 N–H and O–H groups in total. The second kappa shape index (κ2) is 5.88. The number of hydrogen-bond acceptors (Lipinski definition) is 6. The highest BCUT2D eigenvalue weighted by molar-refractivity contribution is 6.06. The summed E-state index contributed by atoms with van der Waals surface area (Å²) >= 11 is 0.